The fourth-order valence-electron chi connectivity index (χ4n) is 2.36. The number of rotatable bonds is 4. The summed E-state index contributed by atoms with van der Waals surface area (Å²) in [6.45, 7) is 0. The van der Waals surface area contributed by atoms with Crippen LogP contribution in [0.4, 0.5) is 18.9 Å². The van der Waals surface area contributed by atoms with Crippen LogP contribution in [0.25, 0.3) is 11.4 Å². The van der Waals surface area contributed by atoms with Crippen LogP contribution in [0.15, 0.2) is 46.5 Å². The van der Waals surface area contributed by atoms with Gasteiger partial charge in [-0.25, -0.2) is 0 Å². The third-order valence-corrected chi connectivity index (χ3v) is 5.18. The lowest BCUT2D eigenvalue weighted by Gasteiger charge is -2.09. The van der Waals surface area contributed by atoms with Crippen LogP contribution in [-0.2, 0) is 13.2 Å². The summed E-state index contributed by atoms with van der Waals surface area (Å²) in [6, 6.07) is 7.10. The zero-order chi connectivity index (χ0) is 20.6. The molecule has 0 unspecified atom stereocenters. The summed E-state index contributed by atoms with van der Waals surface area (Å²) in [6.07, 6.45) is -4.68. The Morgan fingerprint density at radius 2 is 1.75 bits per heavy atom. The second-order valence-electron chi connectivity index (χ2n) is 5.56. The van der Waals surface area contributed by atoms with E-state index in [1.54, 1.807) is 25.2 Å². The maximum Gasteiger partial charge on any atom is 0.416 e. The number of hydrogen-bond donors (Lipinski definition) is 0. The van der Waals surface area contributed by atoms with Gasteiger partial charge in [0.05, 0.1) is 15.4 Å². The number of hydrogen-bond acceptors (Lipinski definition) is 5. The number of benzene rings is 2. The molecule has 0 saturated carbocycles. The first kappa shape index (κ1) is 20.4. The van der Waals surface area contributed by atoms with E-state index in [4.69, 9.17) is 23.2 Å². The first-order valence-corrected chi connectivity index (χ1v) is 9.03. The van der Waals surface area contributed by atoms with E-state index in [0.29, 0.717) is 27.5 Å². The molecule has 1 aromatic heterocycles. The lowest BCUT2D eigenvalue weighted by Crippen LogP contribution is -2.06. The van der Waals surface area contributed by atoms with Gasteiger partial charge in [0, 0.05) is 28.7 Å². The van der Waals surface area contributed by atoms with Crippen LogP contribution < -0.4 is 0 Å². The van der Waals surface area contributed by atoms with Crippen molar-refractivity contribution in [1.29, 1.82) is 0 Å². The summed E-state index contributed by atoms with van der Waals surface area (Å²) in [5, 5.41) is 20.2. The molecule has 0 radical (unpaired) electrons. The van der Waals surface area contributed by atoms with E-state index in [1.807, 2.05) is 0 Å². The molecule has 0 amide bonds. The first-order chi connectivity index (χ1) is 13.1. The van der Waals surface area contributed by atoms with Crippen molar-refractivity contribution < 1.29 is 18.1 Å². The highest BCUT2D eigenvalue weighted by Crippen LogP contribution is 2.39. The zero-order valence-electron chi connectivity index (χ0n) is 13.9. The van der Waals surface area contributed by atoms with Crippen LogP contribution in [0.3, 0.4) is 0 Å². The van der Waals surface area contributed by atoms with Crippen LogP contribution in [0.2, 0.25) is 10.0 Å². The molecule has 0 aliphatic heterocycles. The van der Waals surface area contributed by atoms with Crippen LogP contribution in [0, 0.1) is 10.1 Å². The Morgan fingerprint density at radius 1 is 1.11 bits per heavy atom. The van der Waals surface area contributed by atoms with Crippen LogP contribution >= 0.6 is 35.0 Å². The molecule has 146 valence electrons. The standard InChI is InChI=1S/C16H9Cl2F3N4O2S/c1-24-14(8-4-10(17)7-11(18)5-8)22-23-15(24)28-13-3-2-9(16(19,20)21)6-12(13)25(26)27/h2-7H,1H3. The average molecular weight is 449 g/mol. The van der Waals surface area contributed by atoms with E-state index < -0.39 is 22.4 Å². The monoisotopic (exact) mass is 448 g/mol. The highest BCUT2D eigenvalue weighted by molar-refractivity contribution is 7.99. The smallest absolute Gasteiger partial charge is 0.305 e. The number of aromatic nitrogens is 3. The Labute approximate surface area is 170 Å². The molecule has 3 aromatic rings. The summed E-state index contributed by atoms with van der Waals surface area (Å²) >= 11 is 12.8. The van der Waals surface area contributed by atoms with Gasteiger partial charge in [-0.3, -0.25) is 10.1 Å². The first-order valence-electron chi connectivity index (χ1n) is 7.45. The van der Waals surface area contributed by atoms with Gasteiger partial charge in [0.2, 0.25) is 0 Å². The van der Waals surface area contributed by atoms with E-state index in [-0.39, 0.29) is 10.1 Å². The molecular formula is C16H9Cl2F3N4O2S. The molecule has 0 spiro atoms. The molecule has 0 N–H and O–H groups in total. The predicted octanol–water partition coefficient (Wildman–Crippen LogP) is 5.87. The predicted molar refractivity (Wildman–Crippen MR) is 98.7 cm³/mol. The third kappa shape index (κ3) is 4.23. The van der Waals surface area contributed by atoms with Gasteiger partial charge < -0.3 is 4.57 Å². The SMILES string of the molecule is Cn1c(Sc2ccc(C(F)(F)F)cc2[N+](=O)[O-])nnc1-c1cc(Cl)cc(Cl)c1. The number of alkyl halides is 3. The molecule has 0 bridgehead atoms. The van der Waals surface area contributed by atoms with Crippen molar-refractivity contribution in [1.82, 2.24) is 14.8 Å². The molecule has 6 nitrogen and oxygen atoms in total. The van der Waals surface area contributed by atoms with E-state index in [9.17, 15) is 23.3 Å². The average Bonchev–Trinajstić information content (AvgIpc) is 2.94. The second-order valence-corrected chi connectivity index (χ2v) is 7.44. The maximum absolute atomic E-state index is 12.8. The molecule has 12 heteroatoms. The Balaban J connectivity index is 1.99. The van der Waals surface area contributed by atoms with Gasteiger partial charge in [-0.1, -0.05) is 23.2 Å². The maximum atomic E-state index is 12.8. The molecule has 3 rings (SSSR count). The molecule has 0 saturated heterocycles. The number of nitrogens with zero attached hydrogens (tertiary/aromatic N) is 4. The molecule has 0 aliphatic rings. The van der Waals surface area contributed by atoms with Gasteiger partial charge >= 0.3 is 6.18 Å². The summed E-state index contributed by atoms with van der Waals surface area (Å²) in [4.78, 5) is 10.4. The molecule has 0 aliphatic carbocycles. The van der Waals surface area contributed by atoms with Gasteiger partial charge in [-0.15, -0.1) is 10.2 Å². The van der Waals surface area contributed by atoms with Crippen LogP contribution in [0.5, 0.6) is 0 Å². The molecular weight excluding hydrogens is 440 g/mol. The quantitative estimate of drug-likeness (QED) is 0.368. The Hall–Kier alpha value is -2.30. The van der Waals surface area contributed by atoms with Gasteiger partial charge in [-0.05, 0) is 42.1 Å². The van der Waals surface area contributed by atoms with E-state index in [0.717, 1.165) is 23.9 Å². The minimum absolute atomic E-state index is 0.00387. The normalized spacial score (nSPS) is 11.6. The van der Waals surface area contributed by atoms with Crippen LogP contribution in [-0.4, -0.2) is 19.7 Å². The molecule has 28 heavy (non-hydrogen) atoms. The number of halogens is 5. The van der Waals surface area contributed by atoms with Crippen molar-refractivity contribution in [2.45, 2.75) is 16.2 Å². The Morgan fingerprint density at radius 3 is 2.32 bits per heavy atom. The molecule has 1 heterocycles. The second kappa shape index (κ2) is 7.61. The number of nitro benzene ring substituents is 1. The summed E-state index contributed by atoms with van der Waals surface area (Å²) < 4.78 is 40.0. The molecule has 0 fully saturated rings. The largest absolute Gasteiger partial charge is 0.416 e. The Bertz CT molecular complexity index is 1050. The molecule has 2 aromatic carbocycles. The van der Waals surface area contributed by atoms with E-state index in [2.05, 4.69) is 10.2 Å². The number of nitro groups is 1. The highest BCUT2D eigenvalue weighted by atomic mass is 35.5. The fraction of sp³-hybridized carbons (Fsp3) is 0.125. The lowest BCUT2D eigenvalue weighted by atomic mass is 10.2. The summed E-state index contributed by atoms with van der Waals surface area (Å²) in [5.74, 6) is 0.390. The van der Waals surface area contributed by atoms with Crippen molar-refractivity contribution in [2.75, 3.05) is 0 Å². The van der Waals surface area contributed by atoms with Gasteiger partial charge in [0.1, 0.15) is 0 Å². The van der Waals surface area contributed by atoms with E-state index in [1.165, 1.54) is 4.57 Å². The van der Waals surface area contributed by atoms with Crippen molar-refractivity contribution >= 4 is 40.7 Å². The summed E-state index contributed by atoms with van der Waals surface area (Å²) in [5.41, 5.74) is -1.20. The lowest BCUT2D eigenvalue weighted by molar-refractivity contribution is -0.388. The van der Waals surface area contributed by atoms with Crippen LogP contribution in [0.1, 0.15) is 5.56 Å². The van der Waals surface area contributed by atoms with Gasteiger partial charge in [0.25, 0.3) is 5.69 Å². The van der Waals surface area contributed by atoms with Crippen molar-refractivity contribution in [3.63, 3.8) is 0 Å². The topological polar surface area (TPSA) is 73.8 Å². The Kier molecular flexibility index (Phi) is 5.55. The van der Waals surface area contributed by atoms with Gasteiger partial charge in [-0.2, -0.15) is 13.2 Å². The third-order valence-electron chi connectivity index (χ3n) is 3.64. The van der Waals surface area contributed by atoms with E-state index >= 15 is 0 Å². The van der Waals surface area contributed by atoms with Crippen molar-refractivity contribution in [3.05, 3.63) is 62.1 Å². The highest BCUT2D eigenvalue weighted by Gasteiger charge is 2.33. The minimum atomic E-state index is -4.68. The summed E-state index contributed by atoms with van der Waals surface area (Å²) in [7, 11) is 1.61. The van der Waals surface area contributed by atoms with Crippen molar-refractivity contribution in [3.8, 4) is 11.4 Å². The fourth-order valence-corrected chi connectivity index (χ4v) is 3.76. The zero-order valence-corrected chi connectivity index (χ0v) is 16.2. The van der Waals surface area contributed by atoms with Gasteiger partial charge in [0.15, 0.2) is 11.0 Å². The molecule has 0 atom stereocenters. The van der Waals surface area contributed by atoms with Crippen molar-refractivity contribution in [2.24, 2.45) is 7.05 Å². The minimum Gasteiger partial charge on any atom is -0.305 e.